The van der Waals surface area contributed by atoms with Gasteiger partial charge >= 0.3 is 5.97 Å². The minimum Gasteiger partial charge on any atom is -0.460 e. The van der Waals surface area contributed by atoms with E-state index in [0.29, 0.717) is 0 Å². The van der Waals surface area contributed by atoms with Crippen LogP contribution in [0, 0.1) is 0 Å². The van der Waals surface area contributed by atoms with Crippen LogP contribution < -0.4 is 5.32 Å². The topological polar surface area (TPSA) is 55.4 Å². The Hall–Kier alpha value is -1.84. The lowest BCUT2D eigenvalue weighted by Gasteiger charge is -2.09. The second kappa shape index (κ2) is 4.99. The summed E-state index contributed by atoms with van der Waals surface area (Å²) in [4.78, 5) is 22.7. The second-order valence-corrected chi connectivity index (χ2v) is 4.05. The first kappa shape index (κ1) is 11.6. The lowest BCUT2D eigenvalue weighted by Crippen LogP contribution is -2.26. The molecule has 1 aromatic carbocycles. The monoisotopic (exact) mass is 233 g/mol. The number of benzene rings is 1. The molecule has 1 N–H and O–H groups in total. The van der Waals surface area contributed by atoms with Crippen LogP contribution in [0.25, 0.3) is 0 Å². The second-order valence-electron chi connectivity index (χ2n) is 4.05. The molecule has 0 saturated carbocycles. The third-order valence-corrected chi connectivity index (χ3v) is 2.78. The lowest BCUT2D eigenvalue weighted by molar-refractivity contribution is -0.153. The van der Waals surface area contributed by atoms with Gasteiger partial charge in [0.05, 0.1) is 6.61 Å². The summed E-state index contributed by atoms with van der Waals surface area (Å²) in [5.74, 6) is -1.19. The van der Waals surface area contributed by atoms with Gasteiger partial charge in [-0.15, -0.1) is 0 Å². The number of hydrogen-bond acceptors (Lipinski definition) is 4. The van der Waals surface area contributed by atoms with Crippen molar-refractivity contribution in [2.24, 2.45) is 0 Å². The molecule has 0 aliphatic carbocycles. The lowest BCUT2D eigenvalue weighted by atomic mass is 10.1. The highest BCUT2D eigenvalue weighted by Gasteiger charge is 2.25. The van der Waals surface area contributed by atoms with Crippen molar-refractivity contribution in [3.63, 3.8) is 0 Å². The minimum absolute atomic E-state index is 0.00399. The summed E-state index contributed by atoms with van der Waals surface area (Å²) in [7, 11) is 0. The maximum absolute atomic E-state index is 11.5. The molecule has 0 bridgehead atoms. The van der Waals surface area contributed by atoms with Crippen molar-refractivity contribution in [2.75, 3.05) is 11.9 Å². The molecular weight excluding hydrogens is 218 g/mol. The van der Waals surface area contributed by atoms with E-state index in [0.717, 1.165) is 12.1 Å². The molecule has 4 nitrogen and oxygen atoms in total. The fraction of sp³-hybridized carbons (Fsp3) is 0.385. The van der Waals surface area contributed by atoms with Crippen molar-refractivity contribution < 1.29 is 14.3 Å². The van der Waals surface area contributed by atoms with Crippen LogP contribution in [0.5, 0.6) is 0 Å². The third-order valence-electron chi connectivity index (χ3n) is 2.78. The van der Waals surface area contributed by atoms with Gasteiger partial charge in [-0.2, -0.15) is 0 Å². The van der Waals surface area contributed by atoms with Crippen LogP contribution in [-0.2, 0) is 20.7 Å². The number of ether oxygens (including phenoxy) is 1. The van der Waals surface area contributed by atoms with E-state index in [4.69, 9.17) is 0 Å². The largest absolute Gasteiger partial charge is 0.460 e. The summed E-state index contributed by atoms with van der Waals surface area (Å²) in [6.45, 7) is 1.93. The van der Waals surface area contributed by atoms with Crippen LogP contribution in [-0.4, -0.2) is 24.4 Å². The molecule has 1 aliphatic heterocycles. The summed E-state index contributed by atoms with van der Waals surface area (Å²) in [6.07, 6.45) is 0.967. The molecular formula is C13H15NO3. The Balaban J connectivity index is 1.92. The number of para-hydroxylation sites is 1. The Morgan fingerprint density at radius 2 is 2.18 bits per heavy atom. The quantitative estimate of drug-likeness (QED) is 0.633. The molecule has 0 fully saturated rings. The van der Waals surface area contributed by atoms with Crippen LogP contribution in [0.4, 0.5) is 5.69 Å². The summed E-state index contributed by atoms with van der Waals surface area (Å²) >= 11 is 0. The maximum Gasteiger partial charge on any atom is 0.374 e. The molecule has 0 saturated heterocycles. The SMILES string of the molecule is CCOC(=O)C(=O)CC1Cc2ccccc2N1. The molecule has 0 spiro atoms. The molecule has 90 valence electrons. The van der Waals surface area contributed by atoms with E-state index < -0.39 is 11.8 Å². The van der Waals surface area contributed by atoms with Crippen molar-refractivity contribution in [3.05, 3.63) is 29.8 Å². The van der Waals surface area contributed by atoms with Gasteiger partial charge in [-0.3, -0.25) is 4.79 Å². The molecule has 4 heteroatoms. The highest BCUT2D eigenvalue weighted by atomic mass is 16.5. The highest BCUT2D eigenvalue weighted by molar-refractivity contribution is 6.33. The van der Waals surface area contributed by atoms with Crippen molar-refractivity contribution in [1.82, 2.24) is 0 Å². The number of carbonyl (C=O) groups excluding carboxylic acids is 2. The van der Waals surface area contributed by atoms with Crippen LogP contribution in [0.3, 0.4) is 0 Å². The number of esters is 1. The zero-order valence-electron chi connectivity index (χ0n) is 9.73. The number of ketones is 1. The molecule has 1 aliphatic rings. The maximum atomic E-state index is 11.5. The summed E-state index contributed by atoms with van der Waals surface area (Å²) in [6, 6.07) is 7.92. The first-order chi connectivity index (χ1) is 8.20. The number of fused-ring (bicyclic) bond motifs is 1. The Morgan fingerprint density at radius 3 is 2.88 bits per heavy atom. The Morgan fingerprint density at radius 1 is 1.41 bits per heavy atom. The Bertz CT molecular complexity index is 417. The number of nitrogens with one attached hydrogen (secondary N) is 1. The predicted molar refractivity (Wildman–Crippen MR) is 63.8 cm³/mol. The van der Waals surface area contributed by atoms with Crippen molar-refractivity contribution in [3.8, 4) is 0 Å². The molecule has 1 unspecified atom stereocenters. The van der Waals surface area contributed by atoms with Gasteiger partial charge < -0.3 is 10.1 Å². The van der Waals surface area contributed by atoms with E-state index in [-0.39, 0.29) is 19.1 Å². The zero-order valence-corrected chi connectivity index (χ0v) is 9.73. The summed E-state index contributed by atoms with van der Waals surface area (Å²) in [5.41, 5.74) is 2.24. The Labute approximate surface area is 100.0 Å². The number of anilines is 1. The number of rotatable bonds is 4. The number of hydrogen-bond donors (Lipinski definition) is 1. The third kappa shape index (κ3) is 2.64. The molecule has 0 amide bonds. The van der Waals surface area contributed by atoms with Gasteiger partial charge in [-0.05, 0) is 25.0 Å². The van der Waals surface area contributed by atoms with Gasteiger partial charge in [-0.25, -0.2) is 4.79 Å². The smallest absolute Gasteiger partial charge is 0.374 e. The molecule has 1 aromatic rings. The van der Waals surface area contributed by atoms with E-state index in [9.17, 15) is 9.59 Å². The Kier molecular flexibility index (Phi) is 3.42. The standard InChI is InChI=1S/C13H15NO3/c1-2-17-13(16)12(15)8-10-7-9-5-3-4-6-11(9)14-10/h3-6,10,14H,2,7-8H2,1H3. The highest BCUT2D eigenvalue weighted by Crippen LogP contribution is 2.26. The van der Waals surface area contributed by atoms with Crippen molar-refractivity contribution in [2.45, 2.75) is 25.8 Å². The minimum atomic E-state index is -0.731. The zero-order chi connectivity index (χ0) is 12.3. The molecule has 1 atom stereocenters. The summed E-state index contributed by atoms with van der Waals surface area (Å²) in [5, 5.41) is 3.23. The molecule has 0 aromatic heterocycles. The van der Waals surface area contributed by atoms with E-state index in [1.807, 2.05) is 24.3 Å². The summed E-state index contributed by atoms with van der Waals surface area (Å²) < 4.78 is 4.67. The van der Waals surface area contributed by atoms with Gasteiger partial charge in [0.15, 0.2) is 0 Å². The molecule has 2 rings (SSSR count). The first-order valence-electron chi connectivity index (χ1n) is 5.75. The van der Waals surface area contributed by atoms with E-state index in [2.05, 4.69) is 10.1 Å². The van der Waals surface area contributed by atoms with Crippen LogP contribution in [0.1, 0.15) is 18.9 Å². The van der Waals surface area contributed by atoms with Gasteiger partial charge in [0.25, 0.3) is 0 Å². The number of carbonyl (C=O) groups is 2. The number of Topliss-reactive ketones (excluding diaryl/α,β-unsaturated/α-hetero) is 1. The van der Waals surface area contributed by atoms with Gasteiger partial charge in [-0.1, -0.05) is 18.2 Å². The molecule has 0 radical (unpaired) electrons. The predicted octanol–water partition coefficient (Wildman–Crippen LogP) is 1.55. The van der Waals surface area contributed by atoms with Crippen molar-refractivity contribution >= 4 is 17.4 Å². The first-order valence-corrected chi connectivity index (χ1v) is 5.75. The molecule has 17 heavy (non-hydrogen) atoms. The van der Waals surface area contributed by atoms with Crippen molar-refractivity contribution in [1.29, 1.82) is 0 Å². The van der Waals surface area contributed by atoms with Crippen LogP contribution >= 0.6 is 0 Å². The fourth-order valence-electron chi connectivity index (χ4n) is 2.02. The van der Waals surface area contributed by atoms with Gasteiger partial charge in [0, 0.05) is 18.2 Å². The van der Waals surface area contributed by atoms with Crippen LogP contribution in [0.2, 0.25) is 0 Å². The van der Waals surface area contributed by atoms with E-state index >= 15 is 0 Å². The van der Waals surface area contributed by atoms with Gasteiger partial charge in [0.2, 0.25) is 5.78 Å². The van der Waals surface area contributed by atoms with Gasteiger partial charge in [0.1, 0.15) is 0 Å². The fourth-order valence-corrected chi connectivity index (χ4v) is 2.02. The normalized spacial score (nSPS) is 17.1. The average Bonchev–Trinajstić information content (AvgIpc) is 2.71. The molecule has 1 heterocycles. The van der Waals surface area contributed by atoms with E-state index in [1.165, 1.54) is 5.56 Å². The van der Waals surface area contributed by atoms with E-state index in [1.54, 1.807) is 6.92 Å². The average molecular weight is 233 g/mol. The van der Waals surface area contributed by atoms with Crippen LogP contribution in [0.15, 0.2) is 24.3 Å².